The van der Waals surface area contributed by atoms with Gasteiger partial charge in [-0.15, -0.1) is 0 Å². The molecule has 0 saturated carbocycles. The Morgan fingerprint density at radius 3 is 2.27 bits per heavy atom. The van der Waals surface area contributed by atoms with E-state index in [-0.39, 0.29) is 12.1 Å². The van der Waals surface area contributed by atoms with Crippen LogP contribution in [0.1, 0.15) is 33.2 Å². The number of benzene rings is 3. The largest absolute Gasteiger partial charge is 0.360 e. The molecule has 0 aliphatic carbocycles. The lowest BCUT2D eigenvalue weighted by Crippen LogP contribution is -2.43. The van der Waals surface area contributed by atoms with Gasteiger partial charge in [0.1, 0.15) is 6.17 Å². The van der Waals surface area contributed by atoms with Crippen LogP contribution in [0.4, 0.5) is 11.4 Å². The molecular weight excluding hydrogens is 344 g/mol. The molecule has 0 bridgehead atoms. The number of amides is 1. The van der Waals surface area contributed by atoms with Crippen molar-refractivity contribution in [1.29, 1.82) is 0 Å². The Labute approximate surface area is 158 Å². The van der Waals surface area contributed by atoms with Crippen molar-refractivity contribution in [2.75, 3.05) is 10.2 Å². The van der Waals surface area contributed by atoms with E-state index >= 15 is 0 Å². The highest BCUT2D eigenvalue weighted by molar-refractivity contribution is 6.30. The van der Waals surface area contributed by atoms with Gasteiger partial charge in [-0.1, -0.05) is 41.9 Å². The number of halogens is 1. The van der Waals surface area contributed by atoms with E-state index in [2.05, 4.69) is 11.4 Å². The summed E-state index contributed by atoms with van der Waals surface area (Å²) in [6.07, 6.45) is -0.295. The normalized spacial score (nSPS) is 16.2. The highest BCUT2D eigenvalue weighted by Gasteiger charge is 2.34. The summed E-state index contributed by atoms with van der Waals surface area (Å²) in [5.74, 6) is -0.00991. The third-order valence-electron chi connectivity index (χ3n) is 4.60. The predicted octanol–water partition coefficient (Wildman–Crippen LogP) is 5.73. The van der Waals surface area contributed by atoms with Crippen LogP contribution >= 0.6 is 11.6 Å². The zero-order valence-electron chi connectivity index (χ0n) is 14.7. The maximum Gasteiger partial charge on any atom is 0.262 e. The first-order chi connectivity index (χ1) is 12.5. The Kier molecular flexibility index (Phi) is 4.17. The lowest BCUT2D eigenvalue weighted by Gasteiger charge is -2.38. The zero-order chi connectivity index (χ0) is 18.3. The number of nitrogens with one attached hydrogen (secondary N) is 1. The predicted molar refractivity (Wildman–Crippen MR) is 107 cm³/mol. The molecule has 1 atom stereocenters. The van der Waals surface area contributed by atoms with Crippen molar-refractivity contribution >= 4 is 28.9 Å². The first-order valence-electron chi connectivity index (χ1n) is 8.56. The number of aryl methyl sites for hydroxylation is 2. The molecule has 3 aromatic carbocycles. The molecule has 1 aliphatic heterocycles. The fraction of sp³-hybridized carbons (Fsp3) is 0.136. The van der Waals surface area contributed by atoms with Gasteiger partial charge in [0.2, 0.25) is 0 Å². The van der Waals surface area contributed by atoms with E-state index in [0.29, 0.717) is 10.6 Å². The SMILES string of the molecule is Cc1cc(C)cc(N2C(=O)c3ccccc3N[C@H]2c2ccc(Cl)cc2)c1. The Bertz CT molecular complexity index is 961. The minimum Gasteiger partial charge on any atom is -0.360 e. The molecule has 0 unspecified atom stereocenters. The van der Waals surface area contributed by atoms with Crippen LogP contribution in [0.15, 0.2) is 66.7 Å². The minimum absolute atomic E-state index is 0.00991. The molecule has 0 spiro atoms. The maximum atomic E-state index is 13.4. The summed E-state index contributed by atoms with van der Waals surface area (Å²) in [6, 6.07) is 21.4. The molecule has 3 aromatic rings. The molecule has 0 fully saturated rings. The summed E-state index contributed by atoms with van der Waals surface area (Å²) in [6.45, 7) is 4.09. The number of rotatable bonds is 2. The Balaban J connectivity index is 1.88. The third kappa shape index (κ3) is 2.95. The standard InChI is InChI=1S/C22H19ClN2O/c1-14-11-15(2)13-18(12-14)25-21(16-7-9-17(23)10-8-16)24-20-6-4-3-5-19(20)22(25)26/h3-13,21,24H,1-2H3/t21-/m1/s1. The summed E-state index contributed by atoms with van der Waals surface area (Å²) in [7, 11) is 0. The van der Waals surface area contributed by atoms with Crippen LogP contribution in [0.3, 0.4) is 0 Å². The zero-order valence-corrected chi connectivity index (χ0v) is 15.4. The molecule has 130 valence electrons. The second kappa shape index (κ2) is 6.50. The molecule has 4 heteroatoms. The maximum absolute atomic E-state index is 13.4. The highest BCUT2D eigenvalue weighted by atomic mass is 35.5. The van der Waals surface area contributed by atoms with Gasteiger partial charge in [-0.05, 0) is 66.9 Å². The molecule has 0 aromatic heterocycles. The van der Waals surface area contributed by atoms with Gasteiger partial charge in [0.05, 0.1) is 5.56 Å². The van der Waals surface area contributed by atoms with Gasteiger partial charge in [-0.2, -0.15) is 0 Å². The molecule has 3 nitrogen and oxygen atoms in total. The summed E-state index contributed by atoms with van der Waals surface area (Å²) in [5.41, 5.74) is 5.64. The van der Waals surface area contributed by atoms with Gasteiger partial charge in [-0.3, -0.25) is 9.69 Å². The smallest absolute Gasteiger partial charge is 0.262 e. The van der Waals surface area contributed by atoms with Crippen LogP contribution in [0, 0.1) is 13.8 Å². The molecule has 0 saturated heterocycles. The lowest BCUT2D eigenvalue weighted by molar-refractivity contribution is 0.0975. The fourth-order valence-corrected chi connectivity index (χ4v) is 3.61. The second-order valence-corrected chi connectivity index (χ2v) is 7.10. The van der Waals surface area contributed by atoms with Crippen LogP contribution in [0.2, 0.25) is 5.02 Å². The first kappa shape index (κ1) is 16.7. The van der Waals surface area contributed by atoms with E-state index < -0.39 is 0 Å². The number of carbonyl (C=O) groups excluding carboxylic acids is 1. The van der Waals surface area contributed by atoms with Crippen molar-refractivity contribution < 1.29 is 4.79 Å². The van der Waals surface area contributed by atoms with E-state index in [1.807, 2.05) is 79.4 Å². The molecule has 4 rings (SSSR count). The summed E-state index contributed by atoms with van der Waals surface area (Å²) >= 11 is 6.05. The summed E-state index contributed by atoms with van der Waals surface area (Å²) in [5, 5.41) is 4.19. The third-order valence-corrected chi connectivity index (χ3v) is 4.85. The van der Waals surface area contributed by atoms with Crippen LogP contribution in [0.25, 0.3) is 0 Å². The number of carbonyl (C=O) groups is 1. The Morgan fingerprint density at radius 1 is 0.923 bits per heavy atom. The number of anilines is 2. The number of hydrogen-bond donors (Lipinski definition) is 1. The van der Waals surface area contributed by atoms with E-state index in [0.717, 1.165) is 28.1 Å². The van der Waals surface area contributed by atoms with Gasteiger partial charge >= 0.3 is 0 Å². The van der Waals surface area contributed by atoms with Crippen LogP contribution in [0.5, 0.6) is 0 Å². The molecule has 1 N–H and O–H groups in total. The van der Waals surface area contributed by atoms with Gasteiger partial charge in [0.25, 0.3) is 5.91 Å². The number of nitrogens with zero attached hydrogens (tertiary/aromatic N) is 1. The summed E-state index contributed by atoms with van der Waals surface area (Å²) < 4.78 is 0. The van der Waals surface area contributed by atoms with Crippen LogP contribution in [-0.4, -0.2) is 5.91 Å². The number of hydrogen-bond acceptors (Lipinski definition) is 2. The molecular formula is C22H19ClN2O. The van der Waals surface area contributed by atoms with E-state index in [1.54, 1.807) is 0 Å². The van der Waals surface area contributed by atoms with Crippen molar-refractivity contribution in [2.24, 2.45) is 0 Å². The molecule has 26 heavy (non-hydrogen) atoms. The average molecular weight is 363 g/mol. The topological polar surface area (TPSA) is 32.3 Å². The average Bonchev–Trinajstić information content (AvgIpc) is 2.61. The quantitative estimate of drug-likeness (QED) is 0.631. The van der Waals surface area contributed by atoms with Gasteiger partial charge in [-0.25, -0.2) is 0 Å². The van der Waals surface area contributed by atoms with Gasteiger partial charge < -0.3 is 5.32 Å². The molecule has 0 radical (unpaired) electrons. The van der Waals surface area contributed by atoms with Crippen molar-refractivity contribution in [3.8, 4) is 0 Å². The fourth-order valence-electron chi connectivity index (χ4n) is 3.49. The highest BCUT2D eigenvalue weighted by Crippen LogP contribution is 2.37. The molecule has 1 aliphatic rings. The minimum atomic E-state index is -0.295. The van der Waals surface area contributed by atoms with E-state index in [1.165, 1.54) is 0 Å². The molecule has 1 amide bonds. The van der Waals surface area contributed by atoms with E-state index in [9.17, 15) is 4.79 Å². The van der Waals surface area contributed by atoms with Crippen molar-refractivity contribution in [3.63, 3.8) is 0 Å². The number of para-hydroxylation sites is 1. The van der Waals surface area contributed by atoms with E-state index in [4.69, 9.17) is 11.6 Å². The van der Waals surface area contributed by atoms with Crippen LogP contribution in [-0.2, 0) is 0 Å². The van der Waals surface area contributed by atoms with Gasteiger partial charge in [0.15, 0.2) is 0 Å². The van der Waals surface area contributed by atoms with Crippen molar-refractivity contribution in [3.05, 3.63) is 94.0 Å². The van der Waals surface area contributed by atoms with Gasteiger partial charge in [0, 0.05) is 16.4 Å². The van der Waals surface area contributed by atoms with Crippen molar-refractivity contribution in [1.82, 2.24) is 0 Å². The monoisotopic (exact) mass is 362 g/mol. The number of fused-ring (bicyclic) bond motifs is 1. The molecule has 1 heterocycles. The van der Waals surface area contributed by atoms with Crippen LogP contribution < -0.4 is 10.2 Å². The second-order valence-electron chi connectivity index (χ2n) is 6.67. The summed E-state index contributed by atoms with van der Waals surface area (Å²) in [4.78, 5) is 15.2. The lowest BCUT2D eigenvalue weighted by atomic mass is 10.0. The Hall–Kier alpha value is -2.78. The first-order valence-corrected chi connectivity index (χ1v) is 8.93. The van der Waals surface area contributed by atoms with Crippen molar-refractivity contribution in [2.45, 2.75) is 20.0 Å². The Morgan fingerprint density at radius 2 is 1.58 bits per heavy atom.